The number of aliphatic hydroxyl groups excluding tert-OH is 1. The molecule has 156 valence electrons. The Morgan fingerprint density at radius 3 is 2.34 bits per heavy atom. The van der Waals surface area contributed by atoms with Gasteiger partial charge in [-0.2, -0.15) is 0 Å². The topological polar surface area (TPSA) is 38.7 Å². The molecule has 0 heterocycles. The summed E-state index contributed by atoms with van der Waals surface area (Å²) in [6.45, 7) is 0.242. The highest BCUT2D eigenvalue weighted by atomic mass is 19.1. The Bertz CT molecular complexity index is 857. The summed E-state index contributed by atoms with van der Waals surface area (Å²) in [7, 11) is 3.30. The fourth-order valence-corrected chi connectivity index (χ4v) is 4.18. The third-order valence-electron chi connectivity index (χ3n) is 5.71. The molecule has 0 aromatic heterocycles. The van der Waals surface area contributed by atoms with Crippen LogP contribution in [0.15, 0.2) is 36.4 Å². The third-order valence-corrected chi connectivity index (χ3v) is 5.71. The Labute approximate surface area is 173 Å². The minimum Gasteiger partial charge on any atom is -0.497 e. The maximum atomic E-state index is 14.8. The van der Waals surface area contributed by atoms with Crippen LogP contribution in [0.3, 0.4) is 0 Å². The van der Waals surface area contributed by atoms with Crippen LogP contribution in [0.2, 0.25) is 0 Å². The number of aryl methyl sites for hydroxylation is 1. The number of allylic oxidation sites excluding steroid dienone is 2. The van der Waals surface area contributed by atoms with Gasteiger partial charge in [0.05, 0.1) is 14.2 Å². The number of fused-ring (bicyclic) bond motifs is 1. The third kappa shape index (κ3) is 5.18. The number of halogens is 1. The van der Waals surface area contributed by atoms with Crippen LogP contribution in [0.25, 0.3) is 11.1 Å². The van der Waals surface area contributed by atoms with Gasteiger partial charge in [-0.25, -0.2) is 4.39 Å². The average molecular weight is 399 g/mol. The summed E-state index contributed by atoms with van der Waals surface area (Å²) in [6, 6.07) is 11.2. The molecule has 0 radical (unpaired) electrons. The smallest absolute Gasteiger partial charge is 0.130 e. The van der Waals surface area contributed by atoms with Crippen molar-refractivity contribution in [1.82, 2.24) is 0 Å². The number of hydrogen-bond donors (Lipinski definition) is 1. The Hall–Kier alpha value is -2.33. The van der Waals surface area contributed by atoms with E-state index in [0.29, 0.717) is 11.3 Å². The van der Waals surface area contributed by atoms with Crippen LogP contribution >= 0.6 is 0 Å². The summed E-state index contributed by atoms with van der Waals surface area (Å²) in [4.78, 5) is 0. The Balaban J connectivity index is 2.05. The first-order valence-electron chi connectivity index (χ1n) is 10.5. The molecule has 3 rings (SSSR count). The number of aliphatic hydroxyl groups is 1. The lowest BCUT2D eigenvalue weighted by Gasteiger charge is -2.17. The van der Waals surface area contributed by atoms with Gasteiger partial charge in [-0.05, 0) is 91.1 Å². The normalized spacial score (nSPS) is 13.8. The molecule has 0 spiro atoms. The molecular formula is C25H31FO3. The largest absolute Gasteiger partial charge is 0.497 e. The van der Waals surface area contributed by atoms with E-state index in [1.54, 1.807) is 20.3 Å². The fourth-order valence-electron chi connectivity index (χ4n) is 4.18. The van der Waals surface area contributed by atoms with Crippen molar-refractivity contribution in [3.05, 3.63) is 58.9 Å². The van der Waals surface area contributed by atoms with Crippen molar-refractivity contribution in [2.45, 2.75) is 51.4 Å². The number of benzene rings is 2. The van der Waals surface area contributed by atoms with Gasteiger partial charge in [-0.3, -0.25) is 0 Å². The van der Waals surface area contributed by atoms with Crippen LogP contribution in [0.1, 0.15) is 61.6 Å². The predicted molar refractivity (Wildman–Crippen MR) is 116 cm³/mol. The molecular weight excluding hydrogens is 367 g/mol. The zero-order chi connectivity index (χ0) is 20.6. The highest BCUT2D eigenvalue weighted by Crippen LogP contribution is 2.41. The standard InChI is InChI=1S/C25H31FO3/c1-28-19-11-13-21-18(16-19)8-7-10-23(22(21)9-5-3-4-6-15-27)24-17-20(29-2)12-14-25(24)26/h11-14,16-17,27H,3-10,15H2,1-2H3. The van der Waals surface area contributed by atoms with E-state index in [-0.39, 0.29) is 12.4 Å². The summed E-state index contributed by atoms with van der Waals surface area (Å²) in [6.07, 6.45) is 7.60. The van der Waals surface area contributed by atoms with Crippen LogP contribution < -0.4 is 9.47 Å². The molecule has 1 N–H and O–H groups in total. The van der Waals surface area contributed by atoms with E-state index >= 15 is 0 Å². The lowest BCUT2D eigenvalue weighted by Crippen LogP contribution is -1.98. The van der Waals surface area contributed by atoms with Crippen molar-refractivity contribution in [1.29, 1.82) is 0 Å². The molecule has 0 atom stereocenters. The van der Waals surface area contributed by atoms with E-state index in [1.807, 2.05) is 12.1 Å². The van der Waals surface area contributed by atoms with Gasteiger partial charge in [0.2, 0.25) is 0 Å². The lowest BCUT2D eigenvalue weighted by molar-refractivity contribution is 0.282. The second kappa shape index (κ2) is 10.4. The zero-order valence-electron chi connectivity index (χ0n) is 17.5. The number of methoxy groups -OCH3 is 2. The van der Waals surface area contributed by atoms with E-state index < -0.39 is 0 Å². The van der Waals surface area contributed by atoms with Gasteiger partial charge in [-0.15, -0.1) is 0 Å². The van der Waals surface area contributed by atoms with Gasteiger partial charge >= 0.3 is 0 Å². The van der Waals surface area contributed by atoms with E-state index in [4.69, 9.17) is 14.6 Å². The van der Waals surface area contributed by atoms with Crippen LogP contribution in [-0.4, -0.2) is 25.9 Å². The summed E-state index contributed by atoms with van der Waals surface area (Å²) in [5, 5.41) is 9.03. The van der Waals surface area contributed by atoms with Gasteiger partial charge in [0.15, 0.2) is 0 Å². The molecule has 4 heteroatoms. The van der Waals surface area contributed by atoms with Crippen LogP contribution in [0, 0.1) is 5.82 Å². The van der Waals surface area contributed by atoms with Crippen molar-refractivity contribution >= 4 is 11.1 Å². The van der Waals surface area contributed by atoms with E-state index in [9.17, 15) is 4.39 Å². The summed E-state index contributed by atoms with van der Waals surface area (Å²) in [5.74, 6) is 1.34. The highest BCUT2D eigenvalue weighted by molar-refractivity contribution is 5.92. The molecule has 3 nitrogen and oxygen atoms in total. The monoisotopic (exact) mass is 398 g/mol. The van der Waals surface area contributed by atoms with Crippen molar-refractivity contribution in [3.63, 3.8) is 0 Å². The van der Waals surface area contributed by atoms with E-state index in [2.05, 4.69) is 12.1 Å². The Kier molecular flexibility index (Phi) is 7.70. The predicted octanol–water partition coefficient (Wildman–Crippen LogP) is 6.03. The molecule has 0 bridgehead atoms. The van der Waals surface area contributed by atoms with Gasteiger partial charge in [0.1, 0.15) is 17.3 Å². The SMILES string of the molecule is COc1ccc2c(c1)CCCC(c1cc(OC)ccc1F)=C2CCCCCCO. The molecule has 0 aliphatic heterocycles. The first-order valence-corrected chi connectivity index (χ1v) is 10.5. The lowest BCUT2D eigenvalue weighted by atomic mass is 9.88. The molecule has 0 fully saturated rings. The number of unbranched alkanes of at least 4 members (excludes halogenated alkanes) is 3. The summed E-state index contributed by atoms with van der Waals surface area (Å²) < 4.78 is 25.6. The molecule has 29 heavy (non-hydrogen) atoms. The molecule has 0 saturated carbocycles. The Morgan fingerprint density at radius 2 is 1.59 bits per heavy atom. The first kappa shape index (κ1) is 21.4. The van der Waals surface area contributed by atoms with Gasteiger partial charge < -0.3 is 14.6 Å². The quantitative estimate of drug-likeness (QED) is 0.524. The van der Waals surface area contributed by atoms with Gasteiger partial charge in [-0.1, -0.05) is 18.9 Å². The second-order valence-corrected chi connectivity index (χ2v) is 7.57. The second-order valence-electron chi connectivity index (χ2n) is 7.57. The molecule has 0 saturated heterocycles. The van der Waals surface area contributed by atoms with Crippen molar-refractivity contribution in [2.24, 2.45) is 0 Å². The Morgan fingerprint density at radius 1 is 0.862 bits per heavy atom. The highest BCUT2D eigenvalue weighted by Gasteiger charge is 2.21. The number of rotatable bonds is 9. The van der Waals surface area contributed by atoms with E-state index in [0.717, 1.165) is 62.7 Å². The minimum atomic E-state index is -0.199. The van der Waals surface area contributed by atoms with Crippen LogP contribution in [0.4, 0.5) is 4.39 Å². The maximum Gasteiger partial charge on any atom is 0.130 e. The van der Waals surface area contributed by atoms with Crippen molar-refractivity contribution in [2.75, 3.05) is 20.8 Å². The summed E-state index contributed by atoms with van der Waals surface area (Å²) in [5.41, 5.74) is 5.46. The molecule has 1 aliphatic carbocycles. The van der Waals surface area contributed by atoms with Crippen molar-refractivity contribution in [3.8, 4) is 11.5 Å². The van der Waals surface area contributed by atoms with Gasteiger partial charge in [0, 0.05) is 12.2 Å². The molecule has 1 aliphatic rings. The van der Waals surface area contributed by atoms with Gasteiger partial charge in [0.25, 0.3) is 0 Å². The van der Waals surface area contributed by atoms with E-state index in [1.165, 1.54) is 22.8 Å². The molecule has 0 amide bonds. The van der Waals surface area contributed by atoms with Crippen LogP contribution in [-0.2, 0) is 6.42 Å². The van der Waals surface area contributed by atoms with Crippen LogP contribution in [0.5, 0.6) is 11.5 Å². The molecule has 2 aromatic rings. The summed E-state index contributed by atoms with van der Waals surface area (Å²) >= 11 is 0. The fraction of sp³-hybridized carbons (Fsp3) is 0.440. The minimum absolute atomic E-state index is 0.199. The average Bonchev–Trinajstić information content (AvgIpc) is 2.92. The number of hydrogen-bond acceptors (Lipinski definition) is 3. The number of ether oxygens (including phenoxy) is 2. The first-order chi connectivity index (χ1) is 14.2. The zero-order valence-corrected chi connectivity index (χ0v) is 17.5. The molecule has 2 aromatic carbocycles. The van der Waals surface area contributed by atoms with Crippen molar-refractivity contribution < 1.29 is 19.0 Å². The molecule has 0 unspecified atom stereocenters. The maximum absolute atomic E-state index is 14.8.